The second-order valence-corrected chi connectivity index (χ2v) is 2.90. The first-order valence-corrected chi connectivity index (χ1v) is 3.84. The molecular weight excluding hydrogens is 176 g/mol. The topological polar surface area (TPSA) is 35.2 Å². The standard InChI is InChI=1S/C9H11F2NO/c1-9(10,11)6-13-8-5-3-2-4-7(8)12/h2-5H,6,12H2,1H3. The fourth-order valence-corrected chi connectivity index (χ4v) is 0.816. The van der Waals surface area contributed by atoms with E-state index in [4.69, 9.17) is 10.5 Å². The van der Waals surface area contributed by atoms with Crippen molar-refractivity contribution < 1.29 is 13.5 Å². The van der Waals surface area contributed by atoms with Crippen LogP contribution in [0.1, 0.15) is 6.92 Å². The summed E-state index contributed by atoms with van der Waals surface area (Å²) in [6.45, 7) is 0.146. The molecule has 13 heavy (non-hydrogen) atoms. The van der Waals surface area contributed by atoms with Crippen molar-refractivity contribution in [3.8, 4) is 5.75 Å². The van der Waals surface area contributed by atoms with Crippen molar-refractivity contribution in [1.82, 2.24) is 0 Å². The molecule has 0 saturated heterocycles. The Bertz CT molecular complexity index is 283. The van der Waals surface area contributed by atoms with Crippen molar-refractivity contribution in [1.29, 1.82) is 0 Å². The van der Waals surface area contributed by atoms with Crippen LogP contribution < -0.4 is 10.5 Å². The molecule has 0 aromatic heterocycles. The molecular formula is C9H11F2NO. The molecule has 0 saturated carbocycles. The van der Waals surface area contributed by atoms with E-state index >= 15 is 0 Å². The molecule has 0 atom stereocenters. The lowest BCUT2D eigenvalue weighted by molar-refractivity contribution is -0.0227. The molecule has 0 unspecified atom stereocenters. The predicted molar refractivity (Wildman–Crippen MR) is 47.0 cm³/mol. The highest BCUT2D eigenvalue weighted by Gasteiger charge is 2.22. The second kappa shape index (κ2) is 3.60. The lowest BCUT2D eigenvalue weighted by Crippen LogP contribution is -2.21. The Morgan fingerprint density at radius 1 is 1.38 bits per heavy atom. The predicted octanol–water partition coefficient (Wildman–Crippen LogP) is 2.30. The van der Waals surface area contributed by atoms with Gasteiger partial charge in [0.1, 0.15) is 5.75 Å². The van der Waals surface area contributed by atoms with Crippen molar-refractivity contribution >= 4 is 5.69 Å². The van der Waals surface area contributed by atoms with Crippen LogP contribution in [-0.2, 0) is 0 Å². The zero-order chi connectivity index (χ0) is 9.90. The van der Waals surface area contributed by atoms with Gasteiger partial charge in [-0.25, -0.2) is 8.78 Å². The number of anilines is 1. The Labute approximate surface area is 75.3 Å². The van der Waals surface area contributed by atoms with Crippen molar-refractivity contribution in [3.05, 3.63) is 24.3 Å². The maximum Gasteiger partial charge on any atom is 0.278 e. The van der Waals surface area contributed by atoms with Gasteiger partial charge in [-0.05, 0) is 12.1 Å². The number of halogens is 2. The van der Waals surface area contributed by atoms with Crippen LogP contribution in [-0.4, -0.2) is 12.5 Å². The number of ether oxygens (including phenoxy) is 1. The van der Waals surface area contributed by atoms with Crippen LogP contribution in [0, 0.1) is 0 Å². The molecule has 0 heterocycles. The number of benzene rings is 1. The number of hydrogen-bond acceptors (Lipinski definition) is 2. The van der Waals surface area contributed by atoms with Gasteiger partial charge in [-0.15, -0.1) is 0 Å². The monoisotopic (exact) mass is 187 g/mol. The lowest BCUT2D eigenvalue weighted by Gasteiger charge is -2.12. The molecule has 2 nitrogen and oxygen atoms in total. The zero-order valence-electron chi connectivity index (χ0n) is 7.26. The molecule has 4 heteroatoms. The van der Waals surface area contributed by atoms with Gasteiger partial charge >= 0.3 is 0 Å². The molecule has 0 spiro atoms. The molecule has 0 aliphatic heterocycles. The average molecular weight is 187 g/mol. The summed E-state index contributed by atoms with van der Waals surface area (Å²) >= 11 is 0. The third-order valence-corrected chi connectivity index (χ3v) is 1.40. The van der Waals surface area contributed by atoms with E-state index in [2.05, 4.69) is 0 Å². The number of para-hydroxylation sites is 2. The molecule has 0 aliphatic carbocycles. The van der Waals surface area contributed by atoms with Crippen LogP contribution in [0.25, 0.3) is 0 Å². The number of alkyl halides is 2. The van der Waals surface area contributed by atoms with Crippen LogP contribution >= 0.6 is 0 Å². The fourth-order valence-electron chi connectivity index (χ4n) is 0.816. The van der Waals surface area contributed by atoms with Gasteiger partial charge in [-0.1, -0.05) is 12.1 Å². The number of nitrogen functional groups attached to an aromatic ring is 1. The molecule has 72 valence electrons. The van der Waals surface area contributed by atoms with Gasteiger partial charge in [0.25, 0.3) is 5.92 Å². The summed E-state index contributed by atoms with van der Waals surface area (Å²) in [6, 6.07) is 6.55. The quantitative estimate of drug-likeness (QED) is 0.737. The van der Waals surface area contributed by atoms with Gasteiger partial charge in [0.05, 0.1) is 5.69 Å². The second-order valence-electron chi connectivity index (χ2n) is 2.90. The summed E-state index contributed by atoms with van der Waals surface area (Å²) in [5, 5.41) is 0. The van der Waals surface area contributed by atoms with Crippen molar-refractivity contribution in [2.24, 2.45) is 0 Å². The van der Waals surface area contributed by atoms with Gasteiger partial charge in [0.2, 0.25) is 0 Å². The normalized spacial score (nSPS) is 11.3. The number of rotatable bonds is 3. The summed E-state index contributed by atoms with van der Waals surface area (Å²) in [5.74, 6) is -2.54. The van der Waals surface area contributed by atoms with E-state index in [0.717, 1.165) is 6.92 Å². The van der Waals surface area contributed by atoms with Crippen LogP contribution in [0.4, 0.5) is 14.5 Å². The SMILES string of the molecule is CC(F)(F)COc1ccccc1N. The zero-order valence-corrected chi connectivity index (χ0v) is 7.26. The summed E-state index contributed by atoms with van der Waals surface area (Å²) in [5.41, 5.74) is 5.85. The highest BCUT2D eigenvalue weighted by molar-refractivity contribution is 5.51. The lowest BCUT2D eigenvalue weighted by atomic mass is 10.3. The molecule has 0 aliphatic rings. The Morgan fingerprint density at radius 3 is 2.54 bits per heavy atom. The van der Waals surface area contributed by atoms with Gasteiger partial charge in [0.15, 0.2) is 6.61 Å². The maximum absolute atomic E-state index is 12.4. The Kier molecular flexibility index (Phi) is 2.70. The summed E-state index contributed by atoms with van der Waals surface area (Å²) < 4.78 is 29.6. The number of hydrogen-bond donors (Lipinski definition) is 1. The Balaban J connectivity index is 2.60. The third-order valence-electron chi connectivity index (χ3n) is 1.40. The smallest absolute Gasteiger partial charge is 0.278 e. The Hall–Kier alpha value is -1.32. The van der Waals surface area contributed by atoms with Crippen molar-refractivity contribution in [2.75, 3.05) is 12.3 Å². The van der Waals surface area contributed by atoms with Crippen LogP contribution in [0.2, 0.25) is 0 Å². The molecule has 0 fully saturated rings. The van der Waals surface area contributed by atoms with Crippen LogP contribution in [0.15, 0.2) is 24.3 Å². The van der Waals surface area contributed by atoms with Crippen LogP contribution in [0.5, 0.6) is 5.75 Å². The van der Waals surface area contributed by atoms with Crippen molar-refractivity contribution in [3.63, 3.8) is 0 Å². The molecule has 1 aromatic rings. The van der Waals surface area contributed by atoms with E-state index in [1.165, 1.54) is 0 Å². The first-order valence-electron chi connectivity index (χ1n) is 3.84. The van der Waals surface area contributed by atoms with E-state index < -0.39 is 12.5 Å². The van der Waals surface area contributed by atoms with E-state index in [1.54, 1.807) is 24.3 Å². The number of nitrogens with two attached hydrogens (primary N) is 1. The van der Waals surface area contributed by atoms with E-state index in [0.29, 0.717) is 11.4 Å². The minimum atomic E-state index is -2.83. The first kappa shape index (κ1) is 9.77. The molecule has 1 aromatic carbocycles. The van der Waals surface area contributed by atoms with Gasteiger partial charge in [0, 0.05) is 6.92 Å². The minimum Gasteiger partial charge on any atom is -0.485 e. The van der Waals surface area contributed by atoms with Crippen LogP contribution in [0.3, 0.4) is 0 Å². The fraction of sp³-hybridized carbons (Fsp3) is 0.333. The van der Waals surface area contributed by atoms with E-state index in [-0.39, 0.29) is 0 Å². The highest BCUT2D eigenvalue weighted by Crippen LogP contribution is 2.22. The van der Waals surface area contributed by atoms with Gasteiger partial charge in [-0.3, -0.25) is 0 Å². The van der Waals surface area contributed by atoms with E-state index in [1.807, 2.05) is 0 Å². The third kappa shape index (κ3) is 3.27. The van der Waals surface area contributed by atoms with E-state index in [9.17, 15) is 8.78 Å². The molecule has 2 N–H and O–H groups in total. The minimum absolute atomic E-state index is 0.295. The molecule has 0 radical (unpaired) electrons. The Morgan fingerprint density at radius 2 is 2.00 bits per heavy atom. The van der Waals surface area contributed by atoms with Gasteiger partial charge < -0.3 is 10.5 Å². The summed E-state index contributed by atoms with van der Waals surface area (Å²) in [7, 11) is 0. The van der Waals surface area contributed by atoms with Gasteiger partial charge in [-0.2, -0.15) is 0 Å². The molecule has 1 rings (SSSR count). The highest BCUT2D eigenvalue weighted by atomic mass is 19.3. The molecule has 0 amide bonds. The summed E-state index contributed by atoms with van der Waals surface area (Å²) in [4.78, 5) is 0. The van der Waals surface area contributed by atoms with Crippen molar-refractivity contribution in [2.45, 2.75) is 12.8 Å². The average Bonchev–Trinajstić information content (AvgIpc) is 2.01. The summed E-state index contributed by atoms with van der Waals surface area (Å²) in [6.07, 6.45) is 0. The largest absolute Gasteiger partial charge is 0.485 e. The molecule has 0 bridgehead atoms. The maximum atomic E-state index is 12.4. The first-order chi connectivity index (χ1) is 5.99.